The molecule has 0 heterocycles. The van der Waals surface area contributed by atoms with Crippen LogP contribution in [0.5, 0.6) is 5.75 Å². The number of nitrogens with two attached hydrogens (primary N) is 1. The highest BCUT2D eigenvalue weighted by molar-refractivity contribution is 7.90. The van der Waals surface area contributed by atoms with Crippen LogP contribution in [0.3, 0.4) is 0 Å². The van der Waals surface area contributed by atoms with Crippen molar-refractivity contribution in [1.82, 2.24) is 0 Å². The van der Waals surface area contributed by atoms with Gasteiger partial charge in [0, 0.05) is 11.8 Å². The fraction of sp³-hybridized carbons (Fsp3) is 0.500. The Bertz CT molecular complexity index is 533. The summed E-state index contributed by atoms with van der Waals surface area (Å²) in [4.78, 5) is 0.277. The van der Waals surface area contributed by atoms with Gasteiger partial charge in [0.2, 0.25) is 0 Å². The maximum atomic E-state index is 11.8. The lowest BCUT2D eigenvalue weighted by Gasteiger charge is -2.15. The van der Waals surface area contributed by atoms with Gasteiger partial charge in [-0.15, -0.1) is 0 Å². The summed E-state index contributed by atoms with van der Waals surface area (Å²) < 4.78 is 28.8. The fourth-order valence-electron chi connectivity index (χ4n) is 2.00. The molecule has 0 spiro atoms. The molecule has 1 aliphatic rings. The molecule has 0 amide bonds. The molecule has 1 aromatic rings. The zero-order valence-corrected chi connectivity index (χ0v) is 10.9. The van der Waals surface area contributed by atoms with E-state index in [4.69, 9.17) is 10.5 Å². The Balaban J connectivity index is 2.50. The van der Waals surface area contributed by atoms with Crippen molar-refractivity contribution in [2.24, 2.45) is 5.73 Å². The molecule has 2 rings (SSSR count). The van der Waals surface area contributed by atoms with Crippen LogP contribution < -0.4 is 10.5 Å². The standard InChI is InChI=1S/C12H17NO3S/c1-16-10-5-3-4-9(8-12(13)6-7-12)11(10)17(2,14)15/h3-5H,6-8,13H2,1-2H3. The zero-order chi connectivity index (χ0) is 12.7. The third-order valence-corrected chi connectivity index (χ3v) is 4.29. The lowest BCUT2D eigenvalue weighted by Crippen LogP contribution is -2.25. The first-order valence-corrected chi connectivity index (χ1v) is 7.40. The topological polar surface area (TPSA) is 69.4 Å². The molecule has 1 aliphatic carbocycles. The van der Waals surface area contributed by atoms with Crippen LogP contribution >= 0.6 is 0 Å². The minimum Gasteiger partial charge on any atom is -0.495 e. The second-order valence-corrected chi connectivity index (χ2v) is 6.71. The lowest BCUT2D eigenvalue weighted by atomic mass is 10.0. The Labute approximate surface area is 102 Å². The van der Waals surface area contributed by atoms with Crippen LogP contribution in [0, 0.1) is 0 Å². The van der Waals surface area contributed by atoms with E-state index in [9.17, 15) is 8.42 Å². The molecule has 1 fully saturated rings. The van der Waals surface area contributed by atoms with Gasteiger partial charge in [0.25, 0.3) is 0 Å². The summed E-state index contributed by atoms with van der Waals surface area (Å²) in [5.41, 5.74) is 6.59. The number of hydrogen-bond donors (Lipinski definition) is 1. The molecule has 94 valence electrons. The van der Waals surface area contributed by atoms with E-state index in [0.29, 0.717) is 12.2 Å². The van der Waals surface area contributed by atoms with Gasteiger partial charge >= 0.3 is 0 Å². The monoisotopic (exact) mass is 255 g/mol. The van der Waals surface area contributed by atoms with Crippen molar-refractivity contribution in [2.75, 3.05) is 13.4 Å². The van der Waals surface area contributed by atoms with E-state index in [1.54, 1.807) is 12.1 Å². The molecule has 0 aromatic heterocycles. The van der Waals surface area contributed by atoms with Gasteiger partial charge in [-0.1, -0.05) is 12.1 Å². The Morgan fingerprint density at radius 1 is 1.41 bits per heavy atom. The van der Waals surface area contributed by atoms with Crippen LogP contribution in [0.15, 0.2) is 23.1 Å². The second kappa shape index (κ2) is 3.99. The molecular formula is C12H17NO3S. The van der Waals surface area contributed by atoms with E-state index in [1.807, 2.05) is 6.07 Å². The zero-order valence-electron chi connectivity index (χ0n) is 10.1. The van der Waals surface area contributed by atoms with Crippen molar-refractivity contribution in [1.29, 1.82) is 0 Å². The highest BCUT2D eigenvalue weighted by Gasteiger charge is 2.39. The van der Waals surface area contributed by atoms with Crippen molar-refractivity contribution < 1.29 is 13.2 Å². The first kappa shape index (κ1) is 12.4. The molecule has 2 N–H and O–H groups in total. The van der Waals surface area contributed by atoms with Gasteiger partial charge in [-0.2, -0.15) is 0 Å². The van der Waals surface area contributed by atoms with E-state index < -0.39 is 9.84 Å². The fourth-order valence-corrected chi connectivity index (χ4v) is 3.13. The van der Waals surface area contributed by atoms with E-state index in [-0.39, 0.29) is 10.4 Å². The average Bonchev–Trinajstić information content (AvgIpc) is 2.94. The molecule has 0 unspecified atom stereocenters. The summed E-state index contributed by atoms with van der Waals surface area (Å²) in [5, 5.41) is 0. The maximum absolute atomic E-state index is 11.8. The van der Waals surface area contributed by atoms with Crippen LogP contribution in [-0.4, -0.2) is 27.3 Å². The molecule has 0 radical (unpaired) electrons. The van der Waals surface area contributed by atoms with Gasteiger partial charge in [-0.25, -0.2) is 8.42 Å². The van der Waals surface area contributed by atoms with Crippen LogP contribution in [-0.2, 0) is 16.3 Å². The largest absolute Gasteiger partial charge is 0.495 e. The summed E-state index contributed by atoms with van der Waals surface area (Å²) in [7, 11) is -1.83. The summed E-state index contributed by atoms with van der Waals surface area (Å²) in [5.74, 6) is 0.397. The Morgan fingerprint density at radius 2 is 2.06 bits per heavy atom. The second-order valence-electron chi connectivity index (χ2n) is 4.76. The summed E-state index contributed by atoms with van der Waals surface area (Å²) in [6, 6.07) is 5.27. The minimum atomic E-state index is -3.30. The van der Waals surface area contributed by atoms with Crippen molar-refractivity contribution in [3.05, 3.63) is 23.8 Å². The van der Waals surface area contributed by atoms with E-state index in [1.165, 1.54) is 13.4 Å². The minimum absolute atomic E-state index is 0.216. The number of ether oxygens (including phenoxy) is 1. The van der Waals surface area contributed by atoms with Crippen LogP contribution in [0.1, 0.15) is 18.4 Å². The number of hydrogen-bond acceptors (Lipinski definition) is 4. The number of benzene rings is 1. The molecule has 5 heteroatoms. The molecular weight excluding hydrogens is 238 g/mol. The average molecular weight is 255 g/mol. The first-order valence-electron chi connectivity index (χ1n) is 5.50. The maximum Gasteiger partial charge on any atom is 0.179 e. The summed E-state index contributed by atoms with van der Waals surface area (Å²) >= 11 is 0. The highest BCUT2D eigenvalue weighted by atomic mass is 32.2. The Hall–Kier alpha value is -1.07. The molecule has 0 saturated heterocycles. The van der Waals surface area contributed by atoms with E-state index in [0.717, 1.165) is 18.4 Å². The van der Waals surface area contributed by atoms with Crippen molar-refractivity contribution in [3.63, 3.8) is 0 Å². The van der Waals surface area contributed by atoms with Crippen molar-refractivity contribution in [2.45, 2.75) is 29.7 Å². The highest BCUT2D eigenvalue weighted by Crippen LogP contribution is 2.38. The quantitative estimate of drug-likeness (QED) is 0.875. The van der Waals surface area contributed by atoms with Gasteiger partial charge in [-0.3, -0.25) is 0 Å². The predicted octanol–water partition coefficient (Wildman–Crippen LogP) is 1.13. The van der Waals surface area contributed by atoms with Gasteiger partial charge in [0.15, 0.2) is 9.84 Å². The normalized spacial score (nSPS) is 17.8. The SMILES string of the molecule is COc1cccc(CC2(N)CC2)c1S(C)(=O)=O. The third-order valence-electron chi connectivity index (χ3n) is 3.09. The molecule has 0 atom stereocenters. The van der Waals surface area contributed by atoms with E-state index in [2.05, 4.69) is 0 Å². The summed E-state index contributed by atoms with van der Waals surface area (Å²) in [6.45, 7) is 0. The van der Waals surface area contributed by atoms with Crippen LogP contribution in [0.2, 0.25) is 0 Å². The summed E-state index contributed by atoms with van der Waals surface area (Å²) in [6.07, 6.45) is 3.69. The van der Waals surface area contributed by atoms with E-state index >= 15 is 0 Å². The van der Waals surface area contributed by atoms with Gasteiger partial charge < -0.3 is 10.5 Å². The first-order chi connectivity index (χ1) is 7.86. The Kier molecular flexibility index (Phi) is 2.91. The lowest BCUT2D eigenvalue weighted by molar-refractivity contribution is 0.401. The van der Waals surface area contributed by atoms with Gasteiger partial charge in [0.05, 0.1) is 7.11 Å². The van der Waals surface area contributed by atoms with Crippen molar-refractivity contribution in [3.8, 4) is 5.75 Å². The van der Waals surface area contributed by atoms with Crippen LogP contribution in [0.4, 0.5) is 0 Å². The number of sulfone groups is 1. The molecule has 0 aliphatic heterocycles. The Morgan fingerprint density at radius 3 is 2.53 bits per heavy atom. The molecule has 1 saturated carbocycles. The van der Waals surface area contributed by atoms with Crippen molar-refractivity contribution >= 4 is 9.84 Å². The number of methoxy groups -OCH3 is 1. The predicted molar refractivity (Wildman–Crippen MR) is 66.0 cm³/mol. The molecule has 1 aromatic carbocycles. The van der Waals surface area contributed by atoms with Gasteiger partial charge in [0.1, 0.15) is 10.6 Å². The molecule has 17 heavy (non-hydrogen) atoms. The number of rotatable bonds is 4. The third kappa shape index (κ3) is 2.61. The van der Waals surface area contributed by atoms with Gasteiger partial charge in [-0.05, 0) is 30.9 Å². The smallest absolute Gasteiger partial charge is 0.179 e. The molecule has 4 nitrogen and oxygen atoms in total. The van der Waals surface area contributed by atoms with Crippen LogP contribution in [0.25, 0.3) is 0 Å². The molecule has 0 bridgehead atoms.